The van der Waals surface area contributed by atoms with Gasteiger partial charge in [-0.3, -0.25) is 5.32 Å². The smallest absolute Gasteiger partial charge is 0.409 e. The van der Waals surface area contributed by atoms with Crippen molar-refractivity contribution in [3.63, 3.8) is 0 Å². The van der Waals surface area contributed by atoms with E-state index >= 15 is 0 Å². The number of carbonyl (C=O) groups is 1. The molecule has 1 aliphatic carbocycles. The maximum atomic E-state index is 13.5. The van der Waals surface area contributed by atoms with Gasteiger partial charge in [0.15, 0.2) is 0 Å². The Morgan fingerprint density at radius 2 is 1.93 bits per heavy atom. The van der Waals surface area contributed by atoms with Crippen molar-refractivity contribution >= 4 is 23.4 Å². The quantitative estimate of drug-likeness (QED) is 0.611. The third-order valence-electron chi connectivity index (χ3n) is 5.15. The summed E-state index contributed by atoms with van der Waals surface area (Å²) < 4.78 is 18.9. The summed E-state index contributed by atoms with van der Waals surface area (Å²) in [6, 6.07) is 13.9. The number of halogens is 2. The zero-order valence-electron chi connectivity index (χ0n) is 15.6. The van der Waals surface area contributed by atoms with Crippen molar-refractivity contribution in [3.8, 4) is 0 Å². The molecule has 1 amide bonds. The van der Waals surface area contributed by atoms with Crippen LogP contribution in [0.5, 0.6) is 0 Å². The molecule has 4 N–H and O–H groups in total. The first-order valence-electron chi connectivity index (χ1n) is 9.42. The van der Waals surface area contributed by atoms with Crippen LogP contribution in [0, 0.1) is 11.7 Å². The van der Waals surface area contributed by atoms with Gasteiger partial charge in [-0.15, -0.1) is 0 Å². The van der Waals surface area contributed by atoms with Crippen LogP contribution in [0.4, 0.5) is 14.9 Å². The molecule has 0 radical (unpaired) electrons. The lowest BCUT2D eigenvalue weighted by Crippen LogP contribution is -2.56. The van der Waals surface area contributed by atoms with Crippen LogP contribution in [0.25, 0.3) is 0 Å². The average molecular weight is 406 g/mol. The number of amides is 1. The molecule has 3 rings (SSSR count). The van der Waals surface area contributed by atoms with Gasteiger partial charge >= 0.3 is 6.09 Å². The van der Waals surface area contributed by atoms with Crippen molar-refractivity contribution in [2.24, 2.45) is 11.7 Å². The number of alkyl carbamates (subject to hydrolysis) is 1. The molecule has 7 heteroatoms. The molecule has 0 aromatic heterocycles. The van der Waals surface area contributed by atoms with Gasteiger partial charge < -0.3 is 15.8 Å². The molecule has 0 spiro atoms. The Balaban J connectivity index is 1.69. The second-order valence-corrected chi connectivity index (χ2v) is 7.61. The summed E-state index contributed by atoms with van der Waals surface area (Å²) in [5.74, 6) is -0.0581. The number of ether oxygens (including phenoxy) is 1. The average Bonchev–Trinajstić information content (AvgIpc) is 2.71. The van der Waals surface area contributed by atoms with Gasteiger partial charge in [0.1, 0.15) is 18.1 Å². The standard InChI is InChI=1S/C21H25ClFN3O2/c22-18-12-17(6-7-19(18)23)25-21(10-8-15(13-24)9-11-21)26-20(27)28-14-16-4-2-1-3-5-16/h1-7,12,15,25H,8-11,13-14,24H2,(H,26,27). The normalized spacial score (nSPS) is 21.8. The molecule has 0 bridgehead atoms. The first-order valence-corrected chi connectivity index (χ1v) is 9.80. The molecule has 1 aliphatic rings. The van der Waals surface area contributed by atoms with Crippen molar-refractivity contribution in [3.05, 3.63) is 64.9 Å². The molecule has 28 heavy (non-hydrogen) atoms. The number of rotatable bonds is 6. The van der Waals surface area contributed by atoms with Crippen LogP contribution in [0.1, 0.15) is 31.2 Å². The number of anilines is 1. The molecule has 5 nitrogen and oxygen atoms in total. The molecule has 2 aromatic carbocycles. The molecular formula is C21H25ClFN3O2. The second kappa shape index (κ2) is 9.26. The highest BCUT2D eigenvalue weighted by Crippen LogP contribution is 2.33. The minimum atomic E-state index is -0.694. The summed E-state index contributed by atoms with van der Waals surface area (Å²) in [6.07, 6.45) is 2.61. The molecular weight excluding hydrogens is 381 g/mol. The maximum absolute atomic E-state index is 13.5. The third kappa shape index (κ3) is 5.36. The largest absolute Gasteiger partial charge is 0.445 e. The molecule has 1 saturated carbocycles. The molecule has 0 saturated heterocycles. The van der Waals surface area contributed by atoms with Crippen LogP contribution in [0.15, 0.2) is 48.5 Å². The number of nitrogens with one attached hydrogen (secondary N) is 2. The van der Waals surface area contributed by atoms with E-state index in [9.17, 15) is 9.18 Å². The van der Waals surface area contributed by atoms with Gasteiger partial charge in [0.25, 0.3) is 0 Å². The summed E-state index contributed by atoms with van der Waals surface area (Å²) in [5.41, 5.74) is 6.66. The van der Waals surface area contributed by atoms with E-state index in [1.54, 1.807) is 6.07 Å². The number of nitrogens with two attached hydrogens (primary N) is 1. The van der Waals surface area contributed by atoms with Crippen molar-refractivity contribution in [1.82, 2.24) is 5.32 Å². The van der Waals surface area contributed by atoms with Crippen molar-refractivity contribution < 1.29 is 13.9 Å². The highest BCUT2D eigenvalue weighted by Gasteiger charge is 2.37. The number of hydrogen-bond donors (Lipinski definition) is 3. The Morgan fingerprint density at radius 3 is 2.57 bits per heavy atom. The van der Waals surface area contributed by atoms with Crippen LogP contribution >= 0.6 is 11.6 Å². The predicted octanol–water partition coefficient (Wildman–Crippen LogP) is 4.66. The van der Waals surface area contributed by atoms with Gasteiger partial charge in [-0.05, 0) is 61.9 Å². The molecule has 0 unspecified atom stereocenters. The van der Waals surface area contributed by atoms with E-state index in [0.717, 1.165) is 18.4 Å². The lowest BCUT2D eigenvalue weighted by atomic mass is 9.81. The van der Waals surface area contributed by atoms with E-state index in [0.29, 0.717) is 31.0 Å². The van der Waals surface area contributed by atoms with Gasteiger partial charge in [-0.25, -0.2) is 9.18 Å². The fourth-order valence-corrected chi connectivity index (χ4v) is 3.67. The Bertz CT molecular complexity index is 795. The summed E-state index contributed by atoms with van der Waals surface area (Å²) in [6.45, 7) is 0.813. The Kier molecular flexibility index (Phi) is 6.75. The minimum absolute atomic E-state index is 0.0300. The molecule has 0 aliphatic heterocycles. The lowest BCUT2D eigenvalue weighted by Gasteiger charge is -2.41. The maximum Gasteiger partial charge on any atom is 0.409 e. The monoisotopic (exact) mass is 405 g/mol. The fraction of sp³-hybridized carbons (Fsp3) is 0.381. The van der Waals surface area contributed by atoms with E-state index in [2.05, 4.69) is 10.6 Å². The number of benzene rings is 2. The van der Waals surface area contributed by atoms with E-state index in [4.69, 9.17) is 22.1 Å². The van der Waals surface area contributed by atoms with Crippen LogP contribution < -0.4 is 16.4 Å². The lowest BCUT2D eigenvalue weighted by molar-refractivity contribution is 0.118. The van der Waals surface area contributed by atoms with Crippen molar-refractivity contribution in [1.29, 1.82) is 0 Å². The summed E-state index contributed by atoms with van der Waals surface area (Å²) in [7, 11) is 0. The molecule has 0 atom stereocenters. The highest BCUT2D eigenvalue weighted by molar-refractivity contribution is 6.31. The Hall–Kier alpha value is -2.31. The molecule has 0 heterocycles. The van der Waals surface area contributed by atoms with Crippen molar-refractivity contribution in [2.75, 3.05) is 11.9 Å². The van der Waals surface area contributed by atoms with Crippen LogP contribution in [0.2, 0.25) is 5.02 Å². The number of carbonyl (C=O) groups excluding carboxylic acids is 1. The fourth-order valence-electron chi connectivity index (χ4n) is 3.49. The molecule has 2 aromatic rings. The highest BCUT2D eigenvalue weighted by atomic mass is 35.5. The summed E-state index contributed by atoms with van der Waals surface area (Å²) >= 11 is 5.90. The SMILES string of the molecule is NCC1CCC(NC(=O)OCc2ccccc2)(Nc2ccc(F)c(Cl)c2)CC1. The molecule has 150 valence electrons. The predicted molar refractivity (Wildman–Crippen MR) is 109 cm³/mol. The zero-order chi connectivity index (χ0) is 20.0. The Labute approximate surface area is 169 Å². The van der Waals surface area contributed by atoms with Gasteiger partial charge in [0.2, 0.25) is 0 Å². The summed E-state index contributed by atoms with van der Waals surface area (Å²) in [5, 5.41) is 6.34. The minimum Gasteiger partial charge on any atom is -0.445 e. The first-order chi connectivity index (χ1) is 13.5. The van der Waals surface area contributed by atoms with Gasteiger partial charge in [0, 0.05) is 5.69 Å². The first kappa shape index (κ1) is 20.4. The second-order valence-electron chi connectivity index (χ2n) is 7.20. The summed E-state index contributed by atoms with van der Waals surface area (Å²) in [4.78, 5) is 12.5. The van der Waals surface area contributed by atoms with E-state index in [1.165, 1.54) is 12.1 Å². The van der Waals surface area contributed by atoms with Crippen LogP contribution in [0.3, 0.4) is 0 Å². The molecule has 1 fully saturated rings. The van der Waals surface area contributed by atoms with Gasteiger partial charge in [0.05, 0.1) is 5.02 Å². The van der Waals surface area contributed by atoms with Crippen LogP contribution in [-0.2, 0) is 11.3 Å². The van der Waals surface area contributed by atoms with E-state index in [1.807, 2.05) is 30.3 Å². The van der Waals surface area contributed by atoms with Gasteiger partial charge in [-0.2, -0.15) is 0 Å². The van der Waals surface area contributed by atoms with Crippen LogP contribution in [-0.4, -0.2) is 18.3 Å². The van der Waals surface area contributed by atoms with Gasteiger partial charge in [-0.1, -0.05) is 41.9 Å². The topological polar surface area (TPSA) is 76.4 Å². The van der Waals surface area contributed by atoms with Crippen molar-refractivity contribution in [2.45, 2.75) is 38.0 Å². The van der Waals surface area contributed by atoms with E-state index in [-0.39, 0.29) is 11.6 Å². The van der Waals surface area contributed by atoms with E-state index < -0.39 is 17.6 Å². The number of hydrogen-bond acceptors (Lipinski definition) is 4. The zero-order valence-corrected chi connectivity index (χ0v) is 16.3. The third-order valence-corrected chi connectivity index (χ3v) is 5.44. The Morgan fingerprint density at radius 1 is 1.21 bits per heavy atom.